The molecule has 80 valence electrons. The van der Waals surface area contributed by atoms with Gasteiger partial charge in [-0.25, -0.2) is 13.6 Å². The second-order valence-corrected chi connectivity index (χ2v) is 4.39. The Bertz CT molecular complexity index is 602. The Hall–Kier alpha value is -1.44. The molecule has 0 aliphatic rings. The van der Waals surface area contributed by atoms with Gasteiger partial charge in [-0.15, -0.1) is 0 Å². The van der Waals surface area contributed by atoms with Gasteiger partial charge in [-0.2, -0.15) is 4.98 Å². The van der Waals surface area contributed by atoms with Crippen LogP contribution >= 0.6 is 0 Å². The summed E-state index contributed by atoms with van der Waals surface area (Å²) in [6, 6.07) is 4.83. The van der Waals surface area contributed by atoms with Crippen LogP contribution in [0.5, 0.6) is 0 Å². The average Bonchev–Trinajstić information content (AvgIpc) is 2.59. The van der Waals surface area contributed by atoms with Crippen LogP contribution in [-0.4, -0.2) is 18.5 Å². The summed E-state index contributed by atoms with van der Waals surface area (Å²) in [5, 5.41) is 13.3. The fraction of sp³-hybridized carbons (Fsp3) is 0.125. The molecule has 0 aliphatic carbocycles. The first-order chi connectivity index (χ1) is 7.02. The molecule has 1 heterocycles. The molecule has 0 radical (unpaired) electrons. The molecule has 1 aromatic carbocycles. The largest absolute Gasteiger partial charge is 0.427 e. The Morgan fingerprint density at radius 3 is 2.80 bits per heavy atom. The maximum absolute atomic E-state index is 11.0. The van der Waals surface area contributed by atoms with Crippen LogP contribution in [0, 0.1) is 0 Å². The van der Waals surface area contributed by atoms with Crippen LogP contribution in [0.25, 0.3) is 11.1 Å². The molecule has 1 aromatic heterocycles. The minimum Gasteiger partial charge on any atom is -0.427 e. The van der Waals surface area contributed by atoms with E-state index in [0.717, 1.165) is 0 Å². The van der Waals surface area contributed by atoms with E-state index in [1.165, 1.54) is 0 Å². The third kappa shape index (κ3) is 1.72. The molecule has 0 fully saturated rings. The minimum atomic E-state index is -3.95. The number of primary sulfonamides is 1. The number of sulfonamides is 1. The lowest BCUT2D eigenvalue weighted by molar-refractivity contribution is 0.281. The molecule has 0 amide bonds. The molecule has 0 bridgehead atoms. The number of benzene rings is 1. The predicted molar refractivity (Wildman–Crippen MR) is 51.3 cm³/mol. The van der Waals surface area contributed by atoms with Gasteiger partial charge >= 0.3 is 5.22 Å². The molecular weight excluding hydrogens is 220 g/mol. The first-order valence-electron chi connectivity index (χ1n) is 4.04. The lowest BCUT2D eigenvalue weighted by Crippen LogP contribution is -2.12. The van der Waals surface area contributed by atoms with Crippen molar-refractivity contribution in [1.82, 2.24) is 4.98 Å². The summed E-state index contributed by atoms with van der Waals surface area (Å²) >= 11 is 0. The van der Waals surface area contributed by atoms with Gasteiger partial charge in [0.05, 0.1) is 6.61 Å². The summed E-state index contributed by atoms with van der Waals surface area (Å²) in [4.78, 5) is 3.70. The van der Waals surface area contributed by atoms with Gasteiger partial charge in [0, 0.05) is 5.56 Å². The fourth-order valence-corrected chi connectivity index (χ4v) is 1.66. The number of fused-ring (bicyclic) bond motifs is 1. The molecule has 0 unspecified atom stereocenters. The second-order valence-electron chi connectivity index (χ2n) is 2.95. The van der Waals surface area contributed by atoms with Crippen molar-refractivity contribution in [2.75, 3.05) is 0 Å². The predicted octanol–water partition coefficient (Wildman–Crippen LogP) is -0.0325. The van der Waals surface area contributed by atoms with Crippen molar-refractivity contribution in [2.45, 2.75) is 11.8 Å². The van der Waals surface area contributed by atoms with Crippen LogP contribution in [0.3, 0.4) is 0 Å². The van der Waals surface area contributed by atoms with E-state index in [-0.39, 0.29) is 12.2 Å². The van der Waals surface area contributed by atoms with Crippen molar-refractivity contribution in [3.63, 3.8) is 0 Å². The van der Waals surface area contributed by atoms with Gasteiger partial charge in [0.2, 0.25) is 0 Å². The SMILES string of the molecule is NS(=O)(=O)c1nc2cccc(CO)c2o1. The van der Waals surface area contributed by atoms with E-state index in [2.05, 4.69) is 4.98 Å². The summed E-state index contributed by atoms with van der Waals surface area (Å²) in [6.45, 7) is -0.253. The van der Waals surface area contributed by atoms with E-state index in [1.807, 2.05) is 0 Å². The van der Waals surface area contributed by atoms with E-state index in [9.17, 15) is 8.42 Å². The van der Waals surface area contributed by atoms with E-state index in [1.54, 1.807) is 18.2 Å². The van der Waals surface area contributed by atoms with Gasteiger partial charge in [0.15, 0.2) is 5.58 Å². The van der Waals surface area contributed by atoms with Crippen LogP contribution in [0.1, 0.15) is 5.56 Å². The molecule has 0 spiro atoms. The van der Waals surface area contributed by atoms with Gasteiger partial charge in [0.25, 0.3) is 10.0 Å². The number of hydrogen-bond acceptors (Lipinski definition) is 5. The van der Waals surface area contributed by atoms with Gasteiger partial charge in [-0.3, -0.25) is 0 Å². The van der Waals surface area contributed by atoms with E-state index >= 15 is 0 Å². The number of aliphatic hydroxyl groups excluding tert-OH is 1. The summed E-state index contributed by atoms with van der Waals surface area (Å²) in [6.07, 6.45) is 0. The molecule has 7 heteroatoms. The summed E-state index contributed by atoms with van der Waals surface area (Å²) < 4.78 is 26.9. The molecule has 0 saturated heterocycles. The average molecular weight is 228 g/mol. The van der Waals surface area contributed by atoms with Crippen LogP contribution in [-0.2, 0) is 16.6 Å². The fourth-order valence-electron chi connectivity index (χ4n) is 1.23. The lowest BCUT2D eigenvalue weighted by atomic mass is 10.2. The van der Waals surface area contributed by atoms with Gasteiger partial charge < -0.3 is 9.52 Å². The first-order valence-corrected chi connectivity index (χ1v) is 5.59. The topological polar surface area (TPSA) is 106 Å². The zero-order valence-corrected chi connectivity index (χ0v) is 8.36. The van der Waals surface area contributed by atoms with Crippen LogP contribution in [0.15, 0.2) is 27.8 Å². The summed E-state index contributed by atoms with van der Waals surface area (Å²) in [5.74, 6) is 0. The normalized spacial score (nSPS) is 12.1. The summed E-state index contributed by atoms with van der Waals surface area (Å²) in [7, 11) is -3.95. The highest BCUT2D eigenvalue weighted by Gasteiger charge is 2.17. The highest BCUT2D eigenvalue weighted by molar-refractivity contribution is 7.88. The quantitative estimate of drug-likeness (QED) is 0.750. The number of nitrogens with two attached hydrogens (primary N) is 1. The first kappa shape index (κ1) is 10.1. The van der Waals surface area contributed by atoms with Crippen molar-refractivity contribution in [3.05, 3.63) is 23.8 Å². The zero-order chi connectivity index (χ0) is 11.1. The van der Waals surface area contributed by atoms with Crippen molar-refractivity contribution in [2.24, 2.45) is 5.14 Å². The number of nitrogens with zero attached hydrogens (tertiary/aromatic N) is 1. The van der Waals surface area contributed by atoms with Crippen LogP contribution in [0.4, 0.5) is 0 Å². The number of para-hydroxylation sites is 1. The molecule has 0 aliphatic heterocycles. The number of oxazole rings is 1. The third-order valence-corrected chi connectivity index (χ3v) is 2.55. The number of aliphatic hydroxyl groups is 1. The lowest BCUT2D eigenvalue weighted by Gasteiger charge is -1.93. The standard InChI is InChI=1S/C8H8N2O4S/c9-15(12,13)8-10-6-3-1-2-5(4-11)7(6)14-8/h1-3,11H,4H2,(H2,9,12,13). The highest BCUT2D eigenvalue weighted by atomic mass is 32.2. The van der Waals surface area contributed by atoms with Crippen LogP contribution in [0.2, 0.25) is 0 Å². The smallest absolute Gasteiger partial charge is 0.331 e. The van der Waals surface area contributed by atoms with Gasteiger partial charge in [0.1, 0.15) is 5.52 Å². The maximum atomic E-state index is 11.0. The Morgan fingerprint density at radius 1 is 1.47 bits per heavy atom. The molecule has 2 aromatic rings. The molecule has 0 saturated carbocycles. The number of rotatable bonds is 2. The Kier molecular flexibility index (Phi) is 2.22. The van der Waals surface area contributed by atoms with Crippen molar-refractivity contribution >= 4 is 21.1 Å². The number of aromatic nitrogens is 1. The maximum Gasteiger partial charge on any atom is 0.331 e. The molecule has 15 heavy (non-hydrogen) atoms. The van der Waals surface area contributed by atoms with E-state index in [4.69, 9.17) is 14.7 Å². The molecule has 0 atom stereocenters. The van der Waals surface area contributed by atoms with E-state index < -0.39 is 15.2 Å². The van der Waals surface area contributed by atoms with Crippen molar-refractivity contribution in [1.29, 1.82) is 0 Å². The third-order valence-electron chi connectivity index (χ3n) is 1.89. The molecule has 2 rings (SSSR count). The number of hydrogen-bond donors (Lipinski definition) is 2. The van der Waals surface area contributed by atoms with Gasteiger partial charge in [-0.1, -0.05) is 12.1 Å². The Morgan fingerprint density at radius 2 is 2.20 bits per heavy atom. The monoisotopic (exact) mass is 228 g/mol. The summed E-state index contributed by atoms with van der Waals surface area (Å²) in [5.41, 5.74) is 1.06. The molecular formula is C8H8N2O4S. The van der Waals surface area contributed by atoms with Crippen molar-refractivity contribution < 1.29 is 17.9 Å². The highest BCUT2D eigenvalue weighted by Crippen LogP contribution is 2.21. The zero-order valence-electron chi connectivity index (χ0n) is 7.54. The molecule has 6 nitrogen and oxygen atoms in total. The van der Waals surface area contributed by atoms with E-state index in [0.29, 0.717) is 11.1 Å². The molecule has 3 N–H and O–H groups in total. The Balaban J connectivity index is 2.76. The minimum absolute atomic E-state index is 0.240. The Labute approximate surface area is 85.4 Å². The van der Waals surface area contributed by atoms with Crippen LogP contribution < -0.4 is 5.14 Å². The van der Waals surface area contributed by atoms with Gasteiger partial charge in [-0.05, 0) is 6.07 Å². The van der Waals surface area contributed by atoms with Crippen molar-refractivity contribution in [3.8, 4) is 0 Å². The second kappa shape index (κ2) is 3.30.